The Hall–Kier alpha value is -2.88. The first kappa shape index (κ1) is 19.9. The van der Waals surface area contributed by atoms with Crippen LogP contribution >= 0.6 is 0 Å². The van der Waals surface area contributed by atoms with Gasteiger partial charge >= 0.3 is 0 Å². The molecule has 2 atom stereocenters. The molecular weight excluding hydrogens is 352 g/mol. The molecule has 0 aromatic heterocycles. The van der Waals surface area contributed by atoms with Crippen molar-refractivity contribution in [3.8, 4) is 23.0 Å². The van der Waals surface area contributed by atoms with Gasteiger partial charge in [0.05, 0.1) is 28.4 Å². The third kappa shape index (κ3) is 4.33. The Bertz CT molecular complexity index is 854. The minimum atomic E-state index is 0.310. The Morgan fingerprint density at radius 1 is 0.786 bits per heavy atom. The number of methoxy groups -OCH3 is 4. The van der Waals surface area contributed by atoms with Crippen LogP contribution in [0.3, 0.4) is 0 Å². The van der Waals surface area contributed by atoms with Crippen molar-refractivity contribution in [3.63, 3.8) is 0 Å². The molecule has 1 aliphatic rings. The Kier molecular flexibility index (Phi) is 6.64. The molecule has 0 radical (unpaired) electrons. The zero-order valence-corrected chi connectivity index (χ0v) is 17.0. The van der Waals surface area contributed by atoms with Crippen LogP contribution in [0, 0.1) is 5.92 Å². The predicted octanol–water partition coefficient (Wildman–Crippen LogP) is 5.48. The molecule has 3 rings (SSSR count). The van der Waals surface area contributed by atoms with Crippen molar-refractivity contribution in [1.82, 2.24) is 0 Å². The molecule has 0 unspecified atom stereocenters. The van der Waals surface area contributed by atoms with Crippen molar-refractivity contribution in [1.29, 1.82) is 0 Å². The third-order valence-corrected chi connectivity index (χ3v) is 5.21. The lowest BCUT2D eigenvalue weighted by Crippen LogP contribution is -2.12. The van der Waals surface area contributed by atoms with Crippen LogP contribution in [-0.4, -0.2) is 28.4 Å². The van der Waals surface area contributed by atoms with E-state index in [1.807, 2.05) is 24.3 Å². The van der Waals surface area contributed by atoms with Gasteiger partial charge in [0.25, 0.3) is 0 Å². The molecule has 148 valence electrons. The number of hydrogen-bond donors (Lipinski definition) is 0. The molecule has 0 amide bonds. The molecule has 2 aromatic rings. The van der Waals surface area contributed by atoms with E-state index in [0.717, 1.165) is 41.4 Å². The van der Waals surface area contributed by atoms with Gasteiger partial charge in [0, 0.05) is 5.92 Å². The van der Waals surface area contributed by atoms with Gasteiger partial charge in [-0.05, 0) is 54.2 Å². The molecule has 1 aliphatic carbocycles. The van der Waals surface area contributed by atoms with Crippen LogP contribution in [0.15, 0.2) is 54.6 Å². The predicted molar refractivity (Wildman–Crippen MR) is 113 cm³/mol. The van der Waals surface area contributed by atoms with Crippen LogP contribution in [0.2, 0.25) is 0 Å². The smallest absolute Gasteiger partial charge is 0.161 e. The summed E-state index contributed by atoms with van der Waals surface area (Å²) in [5.74, 6) is 3.72. The standard InChI is InChI=1S/C24H28O4/c1-25-21-13-10-17(15-23(21)27-3)9-11-18-7-5-6-8-20(18)19-12-14-22(26-2)24(16-19)28-4/h6,8-16,18,20H,5,7H2,1-4H3/b11-9+/t18-,20+/m0/s1. The second kappa shape index (κ2) is 9.36. The molecule has 0 heterocycles. The molecule has 0 saturated carbocycles. The summed E-state index contributed by atoms with van der Waals surface area (Å²) in [6.45, 7) is 0. The van der Waals surface area contributed by atoms with E-state index in [0.29, 0.717) is 11.8 Å². The van der Waals surface area contributed by atoms with Crippen molar-refractivity contribution in [2.45, 2.75) is 18.8 Å². The van der Waals surface area contributed by atoms with Crippen molar-refractivity contribution in [3.05, 3.63) is 65.8 Å². The molecule has 4 nitrogen and oxygen atoms in total. The van der Waals surface area contributed by atoms with Crippen molar-refractivity contribution >= 4 is 6.08 Å². The zero-order chi connectivity index (χ0) is 19.9. The molecule has 4 heteroatoms. The number of rotatable bonds is 7. The van der Waals surface area contributed by atoms with Gasteiger partial charge < -0.3 is 18.9 Å². The fraction of sp³-hybridized carbons (Fsp3) is 0.333. The largest absolute Gasteiger partial charge is 0.493 e. The summed E-state index contributed by atoms with van der Waals surface area (Å²) in [7, 11) is 6.64. The maximum atomic E-state index is 5.49. The lowest BCUT2D eigenvalue weighted by atomic mass is 9.79. The molecule has 0 fully saturated rings. The second-order valence-electron chi connectivity index (χ2n) is 6.78. The number of benzene rings is 2. The first-order valence-electron chi connectivity index (χ1n) is 9.49. The highest BCUT2D eigenvalue weighted by Crippen LogP contribution is 2.39. The highest BCUT2D eigenvalue weighted by Gasteiger charge is 2.22. The van der Waals surface area contributed by atoms with Gasteiger partial charge in [0.1, 0.15) is 0 Å². The van der Waals surface area contributed by atoms with E-state index >= 15 is 0 Å². The van der Waals surface area contributed by atoms with E-state index in [4.69, 9.17) is 18.9 Å². The summed E-state index contributed by atoms with van der Waals surface area (Å²) in [5, 5.41) is 0. The van der Waals surface area contributed by atoms with Crippen LogP contribution in [0.5, 0.6) is 23.0 Å². The summed E-state index contributed by atoms with van der Waals surface area (Å²) < 4.78 is 21.6. The summed E-state index contributed by atoms with van der Waals surface area (Å²) in [4.78, 5) is 0. The zero-order valence-electron chi connectivity index (χ0n) is 17.0. The maximum absolute atomic E-state index is 5.49. The molecule has 2 aromatic carbocycles. The van der Waals surface area contributed by atoms with Crippen LogP contribution in [0.1, 0.15) is 29.9 Å². The monoisotopic (exact) mass is 380 g/mol. The molecule has 0 spiro atoms. The average Bonchev–Trinajstić information content (AvgIpc) is 2.77. The molecule has 0 aliphatic heterocycles. The first-order valence-corrected chi connectivity index (χ1v) is 9.49. The Morgan fingerprint density at radius 3 is 2.11 bits per heavy atom. The second-order valence-corrected chi connectivity index (χ2v) is 6.78. The van der Waals surface area contributed by atoms with Crippen molar-refractivity contribution in [2.75, 3.05) is 28.4 Å². The van der Waals surface area contributed by atoms with E-state index in [1.54, 1.807) is 28.4 Å². The maximum Gasteiger partial charge on any atom is 0.161 e. The van der Waals surface area contributed by atoms with E-state index < -0.39 is 0 Å². The minimum absolute atomic E-state index is 0.310. The van der Waals surface area contributed by atoms with Crippen LogP contribution < -0.4 is 18.9 Å². The lowest BCUT2D eigenvalue weighted by Gasteiger charge is -2.26. The van der Waals surface area contributed by atoms with E-state index in [1.165, 1.54) is 5.56 Å². The van der Waals surface area contributed by atoms with E-state index in [9.17, 15) is 0 Å². The fourth-order valence-electron chi connectivity index (χ4n) is 3.68. The first-order chi connectivity index (χ1) is 13.7. The highest BCUT2D eigenvalue weighted by molar-refractivity contribution is 5.56. The van der Waals surface area contributed by atoms with Gasteiger partial charge in [-0.25, -0.2) is 0 Å². The Labute approximate surface area is 167 Å². The number of allylic oxidation sites excluding steroid dienone is 3. The fourth-order valence-corrected chi connectivity index (χ4v) is 3.68. The summed E-state index contributed by atoms with van der Waals surface area (Å²) in [6, 6.07) is 12.2. The molecule has 0 bridgehead atoms. The van der Waals surface area contributed by atoms with Crippen LogP contribution in [0.25, 0.3) is 6.08 Å². The van der Waals surface area contributed by atoms with Gasteiger partial charge in [-0.2, -0.15) is 0 Å². The number of ether oxygens (including phenoxy) is 4. The number of hydrogen-bond acceptors (Lipinski definition) is 4. The van der Waals surface area contributed by atoms with Gasteiger partial charge in [0.2, 0.25) is 0 Å². The lowest BCUT2D eigenvalue weighted by molar-refractivity contribution is 0.354. The SMILES string of the molecule is COc1ccc(/C=C/[C@@H]2CCC=C[C@H]2c2ccc(OC)c(OC)c2)cc1OC. The van der Waals surface area contributed by atoms with E-state index in [2.05, 4.69) is 36.4 Å². The third-order valence-electron chi connectivity index (χ3n) is 5.21. The highest BCUT2D eigenvalue weighted by atomic mass is 16.5. The Balaban J connectivity index is 1.85. The summed E-state index contributed by atoms with van der Waals surface area (Å²) >= 11 is 0. The van der Waals surface area contributed by atoms with Crippen LogP contribution in [-0.2, 0) is 0 Å². The molecule has 28 heavy (non-hydrogen) atoms. The molecule has 0 saturated heterocycles. The van der Waals surface area contributed by atoms with Gasteiger partial charge in [0.15, 0.2) is 23.0 Å². The van der Waals surface area contributed by atoms with Gasteiger partial charge in [-0.1, -0.05) is 36.4 Å². The topological polar surface area (TPSA) is 36.9 Å². The summed E-state index contributed by atoms with van der Waals surface area (Å²) in [5.41, 5.74) is 2.33. The van der Waals surface area contributed by atoms with Crippen molar-refractivity contribution < 1.29 is 18.9 Å². The molecule has 0 N–H and O–H groups in total. The summed E-state index contributed by atoms with van der Waals surface area (Å²) in [6.07, 6.45) is 11.2. The van der Waals surface area contributed by atoms with Crippen molar-refractivity contribution in [2.24, 2.45) is 5.92 Å². The quantitative estimate of drug-likeness (QED) is 0.596. The normalized spacial score (nSPS) is 18.9. The van der Waals surface area contributed by atoms with E-state index in [-0.39, 0.29) is 0 Å². The minimum Gasteiger partial charge on any atom is -0.493 e. The average molecular weight is 380 g/mol. The Morgan fingerprint density at radius 2 is 1.43 bits per heavy atom. The van der Waals surface area contributed by atoms with Gasteiger partial charge in [-0.3, -0.25) is 0 Å². The molecular formula is C24H28O4. The van der Waals surface area contributed by atoms with Crippen LogP contribution in [0.4, 0.5) is 0 Å². The van der Waals surface area contributed by atoms with Gasteiger partial charge in [-0.15, -0.1) is 0 Å².